The number of methoxy groups -OCH3 is 1. The van der Waals surface area contributed by atoms with Gasteiger partial charge in [-0.3, -0.25) is 14.9 Å². The fourth-order valence-electron chi connectivity index (χ4n) is 4.89. The predicted octanol–water partition coefficient (Wildman–Crippen LogP) is 6.78. The zero-order valence-corrected chi connectivity index (χ0v) is 23.7. The van der Waals surface area contributed by atoms with Crippen molar-refractivity contribution in [2.75, 3.05) is 7.11 Å². The van der Waals surface area contributed by atoms with Crippen LogP contribution >= 0.6 is 15.9 Å². The van der Waals surface area contributed by atoms with Crippen molar-refractivity contribution in [3.63, 3.8) is 0 Å². The van der Waals surface area contributed by atoms with Gasteiger partial charge in [0.05, 0.1) is 35.2 Å². The molecule has 0 aliphatic carbocycles. The number of hydrogen-bond donors (Lipinski definition) is 0. The number of benzene rings is 3. The van der Waals surface area contributed by atoms with E-state index >= 15 is 0 Å². The summed E-state index contributed by atoms with van der Waals surface area (Å²) in [7, 11) is 1.46. The summed E-state index contributed by atoms with van der Waals surface area (Å²) in [6, 6.07) is 21.1. The van der Waals surface area contributed by atoms with E-state index in [2.05, 4.69) is 21.0 Å². The standard InChI is InChI=1S/C30H22BrN5O5/c1-17-12-20(18(2)34(17)25-10-9-22(40-3)15-26(25)36(38)39)16-32-35-29(33-24-7-5-4-6-23(24)30(35)37)28-14-19-13-21(31)8-11-27(19)41-28/h4-16H,1-3H3. The first-order chi connectivity index (χ1) is 19.7. The lowest BCUT2D eigenvalue weighted by molar-refractivity contribution is -0.384. The molecule has 0 saturated carbocycles. The van der Waals surface area contributed by atoms with E-state index in [4.69, 9.17) is 14.1 Å². The smallest absolute Gasteiger partial charge is 0.296 e. The molecule has 0 bridgehead atoms. The number of aromatic nitrogens is 3. The molecule has 0 unspecified atom stereocenters. The normalized spacial score (nSPS) is 11.6. The van der Waals surface area contributed by atoms with Gasteiger partial charge in [-0.25, -0.2) is 4.98 Å². The number of halogens is 1. The van der Waals surface area contributed by atoms with Gasteiger partial charge < -0.3 is 13.7 Å². The highest BCUT2D eigenvalue weighted by Gasteiger charge is 2.21. The molecule has 204 valence electrons. The van der Waals surface area contributed by atoms with Crippen LogP contribution in [-0.2, 0) is 0 Å². The van der Waals surface area contributed by atoms with Crippen molar-refractivity contribution in [1.29, 1.82) is 0 Å². The Morgan fingerprint density at radius 2 is 1.88 bits per heavy atom. The molecular weight excluding hydrogens is 590 g/mol. The Bertz CT molecular complexity index is 2090. The minimum Gasteiger partial charge on any atom is -0.496 e. The summed E-state index contributed by atoms with van der Waals surface area (Å²) in [4.78, 5) is 29.8. The molecule has 3 heterocycles. The van der Waals surface area contributed by atoms with Crippen molar-refractivity contribution < 1.29 is 14.1 Å². The van der Waals surface area contributed by atoms with E-state index in [1.54, 1.807) is 41.1 Å². The largest absolute Gasteiger partial charge is 0.496 e. The highest BCUT2D eigenvalue weighted by molar-refractivity contribution is 9.10. The maximum Gasteiger partial charge on any atom is 0.296 e. The third kappa shape index (κ3) is 4.59. The van der Waals surface area contributed by atoms with Crippen LogP contribution in [0.5, 0.6) is 5.75 Å². The van der Waals surface area contributed by atoms with Gasteiger partial charge >= 0.3 is 0 Å². The molecule has 0 amide bonds. The van der Waals surface area contributed by atoms with Crippen molar-refractivity contribution in [1.82, 2.24) is 14.2 Å². The lowest BCUT2D eigenvalue weighted by Gasteiger charge is -2.11. The number of fused-ring (bicyclic) bond motifs is 2. The van der Waals surface area contributed by atoms with Crippen LogP contribution in [-0.4, -0.2) is 32.5 Å². The topological polar surface area (TPSA) is 118 Å². The summed E-state index contributed by atoms with van der Waals surface area (Å²) < 4.78 is 15.1. The molecule has 11 heteroatoms. The Labute approximate surface area is 241 Å². The third-order valence-corrected chi connectivity index (χ3v) is 7.35. The number of para-hydroxylation sites is 1. The lowest BCUT2D eigenvalue weighted by Crippen LogP contribution is -2.20. The molecular formula is C30H22BrN5O5. The summed E-state index contributed by atoms with van der Waals surface area (Å²) >= 11 is 3.48. The first-order valence-corrected chi connectivity index (χ1v) is 13.3. The molecule has 3 aromatic heterocycles. The maximum atomic E-state index is 13.6. The molecule has 0 saturated heterocycles. The second-order valence-corrected chi connectivity index (χ2v) is 10.3. The molecule has 0 spiro atoms. The zero-order valence-electron chi connectivity index (χ0n) is 22.2. The Balaban J connectivity index is 1.50. The fourth-order valence-corrected chi connectivity index (χ4v) is 5.27. The second kappa shape index (κ2) is 10.2. The summed E-state index contributed by atoms with van der Waals surface area (Å²) in [5.74, 6) is 1.02. The highest BCUT2D eigenvalue weighted by Crippen LogP contribution is 2.32. The van der Waals surface area contributed by atoms with Gasteiger partial charge in [0.1, 0.15) is 17.0 Å². The Kier molecular flexibility index (Phi) is 6.50. The third-order valence-electron chi connectivity index (χ3n) is 6.86. The number of ether oxygens (including phenoxy) is 1. The van der Waals surface area contributed by atoms with E-state index in [0.717, 1.165) is 15.6 Å². The Morgan fingerprint density at radius 1 is 1.07 bits per heavy atom. The number of nitro benzene ring substituents is 1. The summed E-state index contributed by atoms with van der Waals surface area (Å²) in [6.07, 6.45) is 1.55. The summed E-state index contributed by atoms with van der Waals surface area (Å²) in [6.45, 7) is 3.68. The van der Waals surface area contributed by atoms with Gasteiger partial charge in [0.2, 0.25) is 5.82 Å². The van der Waals surface area contributed by atoms with Crippen LogP contribution in [0.3, 0.4) is 0 Å². The molecule has 41 heavy (non-hydrogen) atoms. The Morgan fingerprint density at radius 3 is 2.66 bits per heavy atom. The van der Waals surface area contributed by atoms with Crippen LogP contribution in [0.2, 0.25) is 0 Å². The van der Waals surface area contributed by atoms with Gasteiger partial charge in [0.15, 0.2) is 5.76 Å². The predicted molar refractivity (Wildman–Crippen MR) is 160 cm³/mol. The van der Waals surface area contributed by atoms with E-state index in [0.29, 0.717) is 44.9 Å². The number of furan rings is 1. The van der Waals surface area contributed by atoms with E-state index in [9.17, 15) is 14.9 Å². The first-order valence-electron chi connectivity index (χ1n) is 12.5. The summed E-state index contributed by atoms with van der Waals surface area (Å²) in [5, 5.41) is 17.7. The number of nitro groups is 1. The van der Waals surface area contributed by atoms with E-state index in [1.165, 1.54) is 17.9 Å². The van der Waals surface area contributed by atoms with E-state index in [-0.39, 0.29) is 17.1 Å². The number of nitrogens with zero attached hydrogens (tertiary/aromatic N) is 5. The van der Waals surface area contributed by atoms with Crippen molar-refractivity contribution in [3.05, 3.63) is 115 Å². The van der Waals surface area contributed by atoms with Crippen molar-refractivity contribution in [2.45, 2.75) is 13.8 Å². The monoisotopic (exact) mass is 611 g/mol. The molecule has 0 aliphatic heterocycles. The van der Waals surface area contributed by atoms with Gasteiger partial charge in [0, 0.05) is 26.8 Å². The van der Waals surface area contributed by atoms with Crippen LogP contribution in [0.15, 0.2) is 91.6 Å². The molecule has 0 radical (unpaired) electrons. The zero-order chi connectivity index (χ0) is 28.8. The number of aryl methyl sites for hydroxylation is 1. The van der Waals surface area contributed by atoms with Gasteiger partial charge in [0.25, 0.3) is 11.2 Å². The van der Waals surface area contributed by atoms with Crippen LogP contribution in [0, 0.1) is 24.0 Å². The molecule has 6 rings (SSSR count). The van der Waals surface area contributed by atoms with Crippen molar-refractivity contribution >= 4 is 49.7 Å². The molecule has 0 fully saturated rings. The van der Waals surface area contributed by atoms with Crippen LogP contribution < -0.4 is 10.3 Å². The number of rotatable bonds is 6. The second-order valence-electron chi connectivity index (χ2n) is 9.38. The Hall–Kier alpha value is -5.03. The first kappa shape index (κ1) is 26.2. The van der Waals surface area contributed by atoms with Crippen LogP contribution in [0.25, 0.3) is 39.1 Å². The minimum atomic E-state index is -0.442. The molecule has 0 atom stereocenters. The minimum absolute atomic E-state index is 0.0941. The highest BCUT2D eigenvalue weighted by atomic mass is 79.9. The number of hydrogen-bond acceptors (Lipinski definition) is 7. The fraction of sp³-hybridized carbons (Fsp3) is 0.100. The van der Waals surface area contributed by atoms with Gasteiger partial charge in [-0.05, 0) is 68.4 Å². The molecule has 0 aliphatic rings. The lowest BCUT2D eigenvalue weighted by atomic mass is 10.2. The van der Waals surface area contributed by atoms with Gasteiger partial charge in [-0.1, -0.05) is 28.1 Å². The van der Waals surface area contributed by atoms with Crippen LogP contribution in [0.1, 0.15) is 17.0 Å². The average Bonchev–Trinajstić information content (AvgIpc) is 3.51. The van der Waals surface area contributed by atoms with Gasteiger partial charge in [-0.2, -0.15) is 9.78 Å². The molecule has 3 aromatic carbocycles. The molecule has 6 aromatic rings. The van der Waals surface area contributed by atoms with Gasteiger partial charge in [-0.15, -0.1) is 0 Å². The average molecular weight is 612 g/mol. The molecule has 10 nitrogen and oxygen atoms in total. The van der Waals surface area contributed by atoms with Crippen molar-refractivity contribution in [2.24, 2.45) is 5.10 Å². The van der Waals surface area contributed by atoms with E-state index < -0.39 is 4.92 Å². The molecule has 0 N–H and O–H groups in total. The van der Waals surface area contributed by atoms with Crippen LogP contribution in [0.4, 0.5) is 5.69 Å². The van der Waals surface area contributed by atoms with Crippen molar-refractivity contribution in [3.8, 4) is 23.0 Å². The SMILES string of the molecule is COc1ccc(-n2c(C)cc(C=Nn3c(-c4cc5cc(Br)ccc5o4)nc4ccccc4c3=O)c2C)c([N+](=O)[O-])c1. The van der Waals surface area contributed by atoms with E-state index in [1.807, 2.05) is 50.2 Å². The maximum absolute atomic E-state index is 13.6. The summed E-state index contributed by atoms with van der Waals surface area (Å²) in [5.41, 5.74) is 3.24. The quantitative estimate of drug-likeness (QED) is 0.116.